The summed E-state index contributed by atoms with van der Waals surface area (Å²) in [5.74, 6) is -0.700. The predicted molar refractivity (Wildman–Crippen MR) is 67.6 cm³/mol. The summed E-state index contributed by atoms with van der Waals surface area (Å²) in [5, 5.41) is 1.74. The van der Waals surface area contributed by atoms with Gasteiger partial charge in [0.05, 0.1) is 5.75 Å². The van der Waals surface area contributed by atoms with E-state index >= 15 is 0 Å². The molecule has 4 nitrogen and oxygen atoms in total. The Balaban J connectivity index is 2.90. The number of carbonyl (C=O) groups excluding carboxylic acids is 1. The molecule has 0 aliphatic carbocycles. The van der Waals surface area contributed by atoms with Crippen LogP contribution in [0, 0.1) is 0 Å². The average Bonchev–Trinajstić information content (AvgIpc) is 2.26. The second-order valence-electron chi connectivity index (χ2n) is 3.69. The molecule has 6 heteroatoms. The number of nitrogens with one attached hydrogen (secondary N) is 1. The molecule has 0 saturated carbocycles. The molecule has 1 rings (SSSR count). The topological polar surface area (TPSA) is 63.2 Å². The summed E-state index contributed by atoms with van der Waals surface area (Å²) in [6.45, 7) is 1.37. The Kier molecular flexibility index (Phi) is 4.54. The van der Waals surface area contributed by atoms with E-state index in [4.69, 9.17) is 11.6 Å². The van der Waals surface area contributed by atoms with Crippen LogP contribution in [0.1, 0.15) is 12.5 Å². The summed E-state index contributed by atoms with van der Waals surface area (Å²) in [6.07, 6.45) is 0. The summed E-state index contributed by atoms with van der Waals surface area (Å²) in [4.78, 5) is 11.3. The maximum absolute atomic E-state index is 11.9. The van der Waals surface area contributed by atoms with E-state index < -0.39 is 21.0 Å². The van der Waals surface area contributed by atoms with Gasteiger partial charge in [0.2, 0.25) is 5.91 Å². The number of sulfone groups is 1. The van der Waals surface area contributed by atoms with Crippen molar-refractivity contribution in [3.63, 3.8) is 0 Å². The Labute approximate surface area is 106 Å². The average molecular weight is 276 g/mol. The molecule has 0 fully saturated rings. The first kappa shape index (κ1) is 14.0. The first-order chi connectivity index (χ1) is 7.86. The van der Waals surface area contributed by atoms with Crippen molar-refractivity contribution in [2.45, 2.75) is 17.9 Å². The van der Waals surface area contributed by atoms with Gasteiger partial charge in [-0.05, 0) is 24.6 Å². The van der Waals surface area contributed by atoms with Gasteiger partial charge in [-0.1, -0.05) is 23.7 Å². The van der Waals surface area contributed by atoms with Crippen LogP contribution in [-0.2, 0) is 20.4 Å². The maximum atomic E-state index is 11.9. The summed E-state index contributed by atoms with van der Waals surface area (Å²) in [6, 6.07) is 6.59. The molecule has 94 valence electrons. The van der Waals surface area contributed by atoms with Crippen molar-refractivity contribution in [2.24, 2.45) is 0 Å². The third-order valence-corrected chi connectivity index (χ3v) is 4.67. The van der Waals surface area contributed by atoms with E-state index in [9.17, 15) is 13.2 Å². The largest absolute Gasteiger partial charge is 0.358 e. The van der Waals surface area contributed by atoms with Crippen molar-refractivity contribution in [3.05, 3.63) is 34.9 Å². The number of hydrogen-bond acceptors (Lipinski definition) is 3. The van der Waals surface area contributed by atoms with E-state index in [0.29, 0.717) is 10.6 Å². The number of hydrogen-bond donors (Lipinski definition) is 1. The molecular weight excluding hydrogens is 262 g/mol. The smallest absolute Gasteiger partial charge is 0.237 e. The number of halogens is 1. The van der Waals surface area contributed by atoms with Crippen molar-refractivity contribution in [3.8, 4) is 0 Å². The summed E-state index contributed by atoms with van der Waals surface area (Å²) >= 11 is 5.77. The van der Waals surface area contributed by atoms with Gasteiger partial charge < -0.3 is 5.32 Å². The third kappa shape index (κ3) is 3.71. The lowest BCUT2D eigenvalue weighted by Gasteiger charge is -2.11. The highest BCUT2D eigenvalue weighted by Gasteiger charge is 2.27. The van der Waals surface area contributed by atoms with Gasteiger partial charge in [-0.25, -0.2) is 8.42 Å². The number of rotatable bonds is 4. The van der Waals surface area contributed by atoms with Crippen LogP contribution in [0.4, 0.5) is 0 Å². The van der Waals surface area contributed by atoms with Gasteiger partial charge in [-0.2, -0.15) is 0 Å². The van der Waals surface area contributed by atoms with E-state index in [1.54, 1.807) is 24.3 Å². The van der Waals surface area contributed by atoms with Gasteiger partial charge in [-0.15, -0.1) is 0 Å². The fraction of sp³-hybridized carbons (Fsp3) is 0.364. The molecular formula is C11H14ClNO3S. The van der Waals surface area contributed by atoms with Gasteiger partial charge in [-0.3, -0.25) is 4.79 Å². The van der Waals surface area contributed by atoms with Gasteiger partial charge in [0.25, 0.3) is 0 Å². The van der Waals surface area contributed by atoms with Crippen LogP contribution in [0.3, 0.4) is 0 Å². The Bertz CT molecular complexity index is 513. The molecule has 0 aliphatic heterocycles. The molecule has 0 radical (unpaired) electrons. The summed E-state index contributed by atoms with van der Waals surface area (Å²) < 4.78 is 23.8. The highest BCUT2D eigenvalue weighted by Crippen LogP contribution is 2.15. The lowest BCUT2D eigenvalue weighted by molar-refractivity contribution is -0.119. The number of benzene rings is 1. The normalized spacial score (nSPS) is 13.1. The fourth-order valence-corrected chi connectivity index (χ4v) is 2.90. The Morgan fingerprint density at radius 1 is 1.47 bits per heavy atom. The Morgan fingerprint density at radius 3 is 2.65 bits per heavy atom. The predicted octanol–water partition coefficient (Wildman–Crippen LogP) is 1.39. The minimum atomic E-state index is -3.51. The maximum Gasteiger partial charge on any atom is 0.237 e. The molecule has 1 unspecified atom stereocenters. The summed E-state index contributed by atoms with van der Waals surface area (Å²) in [7, 11) is -2.10. The highest BCUT2D eigenvalue weighted by molar-refractivity contribution is 7.92. The molecule has 0 aromatic heterocycles. The first-order valence-electron chi connectivity index (χ1n) is 5.04. The van der Waals surface area contributed by atoms with Crippen LogP contribution in [0.2, 0.25) is 5.02 Å². The van der Waals surface area contributed by atoms with Crippen LogP contribution in [0.5, 0.6) is 0 Å². The van der Waals surface area contributed by atoms with E-state index in [-0.39, 0.29) is 5.75 Å². The highest BCUT2D eigenvalue weighted by atomic mass is 35.5. The quantitative estimate of drug-likeness (QED) is 0.903. The molecule has 0 spiro atoms. The zero-order valence-corrected chi connectivity index (χ0v) is 11.2. The lowest BCUT2D eigenvalue weighted by Crippen LogP contribution is -2.36. The fourth-order valence-electron chi connectivity index (χ4n) is 1.35. The molecule has 0 bridgehead atoms. The molecule has 1 amide bonds. The van der Waals surface area contributed by atoms with Crippen LogP contribution in [0.25, 0.3) is 0 Å². The number of carbonyl (C=O) groups is 1. The third-order valence-electron chi connectivity index (χ3n) is 2.41. The van der Waals surface area contributed by atoms with Crippen molar-refractivity contribution in [1.82, 2.24) is 5.32 Å². The van der Waals surface area contributed by atoms with Crippen molar-refractivity contribution < 1.29 is 13.2 Å². The van der Waals surface area contributed by atoms with Crippen LogP contribution in [-0.4, -0.2) is 26.6 Å². The summed E-state index contributed by atoms with van der Waals surface area (Å²) in [5.41, 5.74) is 0.577. The van der Waals surface area contributed by atoms with Gasteiger partial charge >= 0.3 is 0 Å². The SMILES string of the molecule is CNC(=O)C(C)S(=O)(=O)Cc1cccc(Cl)c1. The van der Waals surface area contributed by atoms with Crippen molar-refractivity contribution in [1.29, 1.82) is 0 Å². The van der Waals surface area contributed by atoms with E-state index in [2.05, 4.69) is 5.32 Å². The van der Waals surface area contributed by atoms with Crippen LogP contribution >= 0.6 is 11.6 Å². The molecule has 1 aromatic rings. The van der Waals surface area contributed by atoms with Crippen molar-refractivity contribution in [2.75, 3.05) is 7.05 Å². The minimum absolute atomic E-state index is 0.192. The minimum Gasteiger partial charge on any atom is -0.358 e. The molecule has 0 saturated heterocycles. The van der Waals surface area contributed by atoms with E-state index in [0.717, 1.165) is 0 Å². The van der Waals surface area contributed by atoms with Gasteiger partial charge in [0.1, 0.15) is 5.25 Å². The van der Waals surface area contributed by atoms with Crippen LogP contribution in [0.15, 0.2) is 24.3 Å². The van der Waals surface area contributed by atoms with E-state index in [1.807, 2.05) is 0 Å². The lowest BCUT2D eigenvalue weighted by atomic mass is 10.2. The molecule has 17 heavy (non-hydrogen) atoms. The molecule has 1 atom stereocenters. The second kappa shape index (κ2) is 5.51. The molecule has 1 aromatic carbocycles. The molecule has 0 aliphatic rings. The van der Waals surface area contributed by atoms with Crippen LogP contribution < -0.4 is 5.32 Å². The number of amides is 1. The Morgan fingerprint density at radius 2 is 2.12 bits per heavy atom. The van der Waals surface area contributed by atoms with Gasteiger partial charge in [0, 0.05) is 12.1 Å². The first-order valence-corrected chi connectivity index (χ1v) is 7.14. The van der Waals surface area contributed by atoms with Crippen molar-refractivity contribution >= 4 is 27.3 Å². The standard InChI is InChI=1S/C11H14ClNO3S/c1-8(11(14)13-2)17(15,16)7-9-4-3-5-10(12)6-9/h3-6,8H,7H2,1-2H3,(H,13,14). The zero-order valence-electron chi connectivity index (χ0n) is 9.60. The Hall–Kier alpha value is -1.07. The van der Waals surface area contributed by atoms with E-state index in [1.165, 1.54) is 14.0 Å². The molecule has 0 heterocycles. The molecule has 1 N–H and O–H groups in total. The second-order valence-corrected chi connectivity index (χ2v) is 6.45. The monoisotopic (exact) mass is 275 g/mol. The zero-order chi connectivity index (χ0) is 13.1. The van der Waals surface area contributed by atoms with Gasteiger partial charge in [0.15, 0.2) is 9.84 Å².